The van der Waals surface area contributed by atoms with Gasteiger partial charge in [0.15, 0.2) is 0 Å². The van der Waals surface area contributed by atoms with Crippen molar-refractivity contribution in [2.24, 2.45) is 5.92 Å². The number of nitrogens with zero attached hydrogens (tertiary/aromatic N) is 1. The van der Waals surface area contributed by atoms with E-state index in [1.165, 1.54) is 4.90 Å². The van der Waals surface area contributed by atoms with Gasteiger partial charge in [-0.3, -0.25) is 19.3 Å². The maximum atomic E-state index is 12.3. The summed E-state index contributed by atoms with van der Waals surface area (Å²) in [6, 6.07) is 0. The molecule has 1 aromatic rings. The van der Waals surface area contributed by atoms with Gasteiger partial charge in [-0.1, -0.05) is 12.5 Å². The van der Waals surface area contributed by atoms with Crippen molar-refractivity contribution in [1.82, 2.24) is 9.97 Å². The fourth-order valence-corrected chi connectivity index (χ4v) is 3.80. The molecule has 8 N–H and O–H groups in total. The lowest BCUT2D eigenvalue weighted by Gasteiger charge is -2.38. The number of fused-ring (bicyclic) bond motifs is 1. The lowest BCUT2D eigenvalue weighted by Crippen LogP contribution is -2.48. The van der Waals surface area contributed by atoms with Crippen LogP contribution in [0.3, 0.4) is 0 Å². The van der Waals surface area contributed by atoms with Crippen molar-refractivity contribution in [3.05, 3.63) is 43.9 Å². The van der Waals surface area contributed by atoms with Gasteiger partial charge in [0.2, 0.25) is 0 Å². The second-order valence-corrected chi connectivity index (χ2v) is 8.88. The van der Waals surface area contributed by atoms with Gasteiger partial charge in [-0.15, -0.1) is 0 Å². The number of β-amino-alcohol motifs (C(OH)–C–C–N with tert-alkyl or cyclic N) is 1. The van der Waals surface area contributed by atoms with Crippen LogP contribution in [0.5, 0.6) is 0 Å². The van der Waals surface area contributed by atoms with Crippen LogP contribution in [-0.4, -0.2) is 66.5 Å². The van der Waals surface area contributed by atoms with E-state index < -0.39 is 44.0 Å². The molecule has 2 heterocycles. The fourth-order valence-electron chi connectivity index (χ4n) is 3.45. The maximum Gasteiger partial charge on any atom is 0.469 e. The number of phosphoric acid groups is 1. The van der Waals surface area contributed by atoms with Crippen LogP contribution in [0.15, 0.2) is 32.6 Å². The van der Waals surface area contributed by atoms with Gasteiger partial charge in [0.05, 0.1) is 18.8 Å². The zero-order chi connectivity index (χ0) is 23.1. The lowest BCUT2D eigenvalue weighted by molar-refractivity contribution is -0.0719. The molecule has 2 aliphatic rings. The Morgan fingerprint density at radius 3 is 2.55 bits per heavy atom. The third-order valence-electron chi connectivity index (χ3n) is 5.29. The highest BCUT2D eigenvalue weighted by molar-refractivity contribution is 7.46. The summed E-state index contributed by atoms with van der Waals surface area (Å²) in [5.74, 6) is 0.247. The molecule has 0 saturated heterocycles. The minimum absolute atomic E-state index is 0.0607. The summed E-state index contributed by atoms with van der Waals surface area (Å²) < 4.78 is 14.9. The van der Waals surface area contributed by atoms with Gasteiger partial charge in [-0.05, 0) is 25.3 Å². The van der Waals surface area contributed by atoms with E-state index in [9.17, 15) is 29.5 Å². The number of H-pyrrole nitrogens is 2. The molecule has 0 fully saturated rings. The molecule has 0 unspecified atom stereocenters. The van der Waals surface area contributed by atoms with Crippen LogP contribution in [-0.2, 0) is 9.09 Å². The van der Waals surface area contributed by atoms with Crippen molar-refractivity contribution in [2.45, 2.75) is 38.6 Å². The third kappa shape index (κ3) is 5.15. The average Bonchev–Trinajstić information content (AvgIpc) is 2.67. The summed E-state index contributed by atoms with van der Waals surface area (Å²) in [5.41, 5.74) is 0.887. The number of aliphatic hydroxyl groups excluding tert-OH is 3. The molecule has 0 aromatic carbocycles. The quantitative estimate of drug-likeness (QED) is 0.224. The number of allylic oxidation sites excluding steroid dienone is 3. The van der Waals surface area contributed by atoms with Crippen LogP contribution >= 0.6 is 7.82 Å². The van der Waals surface area contributed by atoms with E-state index in [4.69, 9.17) is 9.79 Å². The summed E-state index contributed by atoms with van der Waals surface area (Å²) in [6.07, 6.45) is -2.89. The van der Waals surface area contributed by atoms with E-state index in [1.54, 1.807) is 0 Å². The van der Waals surface area contributed by atoms with Crippen molar-refractivity contribution >= 4 is 19.3 Å². The molecule has 0 spiro atoms. The van der Waals surface area contributed by atoms with Gasteiger partial charge >= 0.3 is 13.5 Å². The van der Waals surface area contributed by atoms with Gasteiger partial charge in [-0.2, -0.15) is 0 Å². The summed E-state index contributed by atoms with van der Waals surface area (Å²) >= 11 is 0. The van der Waals surface area contributed by atoms with E-state index in [0.29, 0.717) is 17.8 Å². The van der Waals surface area contributed by atoms with Crippen LogP contribution < -0.4 is 21.5 Å². The molecule has 13 nitrogen and oxygen atoms in total. The lowest BCUT2D eigenvalue weighted by atomic mass is 9.89. The molecule has 0 saturated carbocycles. The van der Waals surface area contributed by atoms with E-state index in [-0.39, 0.29) is 24.0 Å². The van der Waals surface area contributed by atoms with Gasteiger partial charge in [0.1, 0.15) is 29.8 Å². The molecule has 0 radical (unpaired) electrons. The summed E-state index contributed by atoms with van der Waals surface area (Å²) in [4.78, 5) is 47.7. The normalized spacial score (nSPS) is 21.6. The second kappa shape index (κ2) is 8.71. The Hall–Kier alpha value is -2.25. The molecule has 172 valence electrons. The zero-order valence-electron chi connectivity index (χ0n) is 16.8. The van der Waals surface area contributed by atoms with Gasteiger partial charge in [-0.25, -0.2) is 9.36 Å². The standard InChI is InChI=1S/C17H25N4O9P/c1-7-3-9-10(4-8(7)2)21(15-13(18-9)16(25)20-17(26)19-15)5-11(22)14(24)12(23)6-30-31(27,28)29/h4,7,11-12,14,18,22-24H,3,5-6H2,1-2H3,(H2,27,28,29)(H2,19,20,25,26)/t7-,11-,12+,14-/m0/s1. The van der Waals surface area contributed by atoms with Crippen molar-refractivity contribution in [2.75, 3.05) is 23.4 Å². The van der Waals surface area contributed by atoms with Crippen LogP contribution in [0.1, 0.15) is 20.3 Å². The number of hydrogen-bond acceptors (Lipinski definition) is 9. The fraction of sp³-hybridized carbons (Fsp3) is 0.529. The minimum Gasteiger partial charge on any atom is -0.388 e. The number of rotatable bonds is 7. The molecule has 14 heteroatoms. The topological polar surface area (TPSA) is 208 Å². The van der Waals surface area contributed by atoms with Gasteiger partial charge in [0.25, 0.3) is 5.56 Å². The van der Waals surface area contributed by atoms with Crippen LogP contribution in [0.2, 0.25) is 0 Å². The monoisotopic (exact) mass is 460 g/mol. The first-order valence-electron chi connectivity index (χ1n) is 9.44. The second-order valence-electron chi connectivity index (χ2n) is 7.64. The number of anilines is 2. The molecule has 0 bridgehead atoms. The molecule has 1 aliphatic carbocycles. The maximum absolute atomic E-state index is 12.3. The first-order valence-corrected chi connectivity index (χ1v) is 11.0. The Kier molecular flexibility index (Phi) is 6.58. The Bertz CT molecular complexity index is 1070. The first-order chi connectivity index (χ1) is 14.4. The van der Waals surface area contributed by atoms with Gasteiger partial charge < -0.3 is 35.3 Å². The summed E-state index contributed by atoms with van der Waals surface area (Å²) in [7, 11) is -4.88. The number of aromatic amines is 2. The molecule has 1 aromatic heterocycles. The molecule has 31 heavy (non-hydrogen) atoms. The van der Waals surface area contributed by atoms with E-state index in [1.807, 2.05) is 19.9 Å². The van der Waals surface area contributed by atoms with Crippen LogP contribution in [0.25, 0.3) is 0 Å². The van der Waals surface area contributed by atoms with Crippen molar-refractivity contribution < 1.29 is 34.2 Å². The summed E-state index contributed by atoms with van der Waals surface area (Å²) in [6.45, 7) is 2.65. The highest BCUT2D eigenvalue weighted by Crippen LogP contribution is 2.39. The predicted molar refractivity (Wildman–Crippen MR) is 109 cm³/mol. The number of nitrogens with one attached hydrogen (secondary N) is 3. The number of aliphatic hydroxyl groups is 3. The number of aromatic nitrogens is 2. The zero-order valence-corrected chi connectivity index (χ0v) is 17.7. The van der Waals surface area contributed by atoms with Gasteiger partial charge in [0, 0.05) is 5.70 Å². The third-order valence-corrected chi connectivity index (χ3v) is 5.78. The smallest absolute Gasteiger partial charge is 0.388 e. The number of phosphoric ester groups is 1. The Balaban J connectivity index is 1.91. The number of hydrogen-bond donors (Lipinski definition) is 8. The van der Waals surface area contributed by atoms with Crippen molar-refractivity contribution in [1.29, 1.82) is 0 Å². The van der Waals surface area contributed by atoms with Crippen LogP contribution in [0, 0.1) is 5.92 Å². The van der Waals surface area contributed by atoms with Crippen molar-refractivity contribution in [3.63, 3.8) is 0 Å². The van der Waals surface area contributed by atoms with Crippen molar-refractivity contribution in [3.8, 4) is 0 Å². The summed E-state index contributed by atoms with van der Waals surface area (Å²) in [5, 5.41) is 33.7. The molecular weight excluding hydrogens is 435 g/mol. The Morgan fingerprint density at radius 1 is 1.23 bits per heavy atom. The first kappa shape index (κ1) is 23.4. The average molecular weight is 460 g/mol. The highest BCUT2D eigenvalue weighted by Gasteiger charge is 2.35. The van der Waals surface area contributed by atoms with E-state index in [2.05, 4.69) is 19.8 Å². The molecule has 4 atom stereocenters. The highest BCUT2D eigenvalue weighted by atomic mass is 31.2. The molecule has 3 rings (SSSR count). The Labute approximate surface area is 175 Å². The van der Waals surface area contributed by atoms with E-state index in [0.717, 1.165) is 5.57 Å². The minimum atomic E-state index is -4.88. The molecule has 0 amide bonds. The Morgan fingerprint density at radius 2 is 1.90 bits per heavy atom. The molecule has 1 aliphatic heterocycles. The molecular formula is C17H25N4O9P. The largest absolute Gasteiger partial charge is 0.469 e. The predicted octanol–water partition coefficient (Wildman–Crippen LogP) is -1.32. The SMILES string of the molecule is CC1=CC2=C(C[C@@H]1C)Nc1c([nH]c(=O)[nH]c1=O)N2C[C@H](O)[C@H](O)[C@H](O)COP(=O)(O)O. The van der Waals surface area contributed by atoms with Crippen LogP contribution in [0.4, 0.5) is 11.5 Å². The van der Waals surface area contributed by atoms with E-state index >= 15 is 0 Å².